The van der Waals surface area contributed by atoms with E-state index in [1.54, 1.807) is 13.1 Å². The van der Waals surface area contributed by atoms with Crippen LogP contribution < -0.4 is 9.80 Å². The Hall–Kier alpha value is -2.91. The molecule has 0 unspecified atom stereocenters. The summed E-state index contributed by atoms with van der Waals surface area (Å²) >= 11 is 12.5. The van der Waals surface area contributed by atoms with Crippen LogP contribution in [-0.2, 0) is 27.2 Å². The number of rotatable bonds is 7. The van der Waals surface area contributed by atoms with Gasteiger partial charge in [0.15, 0.2) is 5.65 Å². The highest BCUT2D eigenvalue weighted by Crippen LogP contribution is 2.34. The van der Waals surface area contributed by atoms with Crippen LogP contribution in [0.4, 0.5) is 11.8 Å². The molecule has 0 radical (unpaired) electrons. The summed E-state index contributed by atoms with van der Waals surface area (Å²) in [4.78, 5) is 10.8. The molecule has 9 nitrogen and oxygen atoms in total. The molecule has 3 heterocycles. The average Bonchev–Trinajstić information content (AvgIpc) is 3.45. The highest BCUT2D eigenvalue weighted by molar-refractivity contribution is 6.34. The monoisotopic (exact) mass is 485 g/mol. The first kappa shape index (κ1) is 21.9. The molecule has 0 saturated heterocycles. The molecular formula is C22H25Cl2N9. The van der Waals surface area contributed by atoms with Crippen LogP contribution in [0.15, 0.2) is 24.3 Å². The normalized spacial score (nSPS) is 13.6. The smallest absolute Gasteiger partial charge is 0.266 e. The van der Waals surface area contributed by atoms with Crippen LogP contribution >= 0.6 is 23.2 Å². The molecule has 0 amide bonds. The van der Waals surface area contributed by atoms with E-state index < -0.39 is 0 Å². The average molecular weight is 486 g/mol. The SMILES string of the molecule is Cc1nn(C)c2nc(N(C)C3CC3)c(CN(Cc3cc(Cl)cc(Cl)c3)c3nnn(C)n3)cc12. The fourth-order valence-electron chi connectivity index (χ4n) is 4.16. The number of pyridine rings is 1. The van der Waals surface area contributed by atoms with E-state index in [2.05, 4.69) is 43.4 Å². The van der Waals surface area contributed by atoms with Gasteiger partial charge < -0.3 is 9.80 Å². The second kappa shape index (κ2) is 8.46. The number of hydrogen-bond donors (Lipinski definition) is 0. The zero-order chi connectivity index (χ0) is 23.3. The van der Waals surface area contributed by atoms with E-state index in [0.717, 1.165) is 33.7 Å². The lowest BCUT2D eigenvalue weighted by Crippen LogP contribution is -2.27. The van der Waals surface area contributed by atoms with Crippen molar-refractivity contribution in [1.82, 2.24) is 35.0 Å². The molecule has 33 heavy (non-hydrogen) atoms. The Morgan fingerprint density at radius 2 is 1.76 bits per heavy atom. The van der Waals surface area contributed by atoms with E-state index >= 15 is 0 Å². The summed E-state index contributed by atoms with van der Waals surface area (Å²) in [6.45, 7) is 3.07. The zero-order valence-electron chi connectivity index (χ0n) is 19.0. The van der Waals surface area contributed by atoms with Gasteiger partial charge in [-0.1, -0.05) is 28.3 Å². The number of anilines is 2. The first-order valence-corrected chi connectivity index (χ1v) is 11.5. The summed E-state index contributed by atoms with van der Waals surface area (Å²) < 4.78 is 1.84. The topological polar surface area (TPSA) is 80.8 Å². The molecule has 1 saturated carbocycles. The van der Waals surface area contributed by atoms with Crippen molar-refractivity contribution in [2.24, 2.45) is 14.1 Å². The Kier molecular flexibility index (Phi) is 5.62. The minimum Gasteiger partial charge on any atom is -0.356 e. The largest absolute Gasteiger partial charge is 0.356 e. The number of aryl methyl sites for hydroxylation is 3. The van der Waals surface area contributed by atoms with Crippen LogP contribution in [-0.4, -0.2) is 48.1 Å². The molecule has 4 aromatic rings. The maximum atomic E-state index is 6.26. The van der Waals surface area contributed by atoms with Crippen molar-refractivity contribution < 1.29 is 0 Å². The van der Waals surface area contributed by atoms with Gasteiger partial charge in [-0.05, 0) is 54.8 Å². The molecule has 0 spiro atoms. The van der Waals surface area contributed by atoms with Crippen LogP contribution in [0, 0.1) is 6.92 Å². The standard InChI is InChI=1S/C22H25Cl2N9/c1-13-19-9-15(20(30(2)18-5-6-18)25-21(19)31(3)27-13)12-33(22-26-29-32(4)28-22)11-14-7-16(23)10-17(24)8-14/h7-10,18H,5-6,11-12H2,1-4H3. The predicted molar refractivity (Wildman–Crippen MR) is 130 cm³/mol. The maximum Gasteiger partial charge on any atom is 0.266 e. The zero-order valence-corrected chi connectivity index (χ0v) is 20.5. The lowest BCUT2D eigenvalue weighted by Gasteiger charge is -2.26. The molecule has 0 atom stereocenters. The number of benzene rings is 1. The van der Waals surface area contributed by atoms with Crippen LogP contribution in [0.5, 0.6) is 0 Å². The summed E-state index contributed by atoms with van der Waals surface area (Å²) in [5, 5.41) is 19.6. The van der Waals surface area contributed by atoms with Gasteiger partial charge in [-0.15, -0.1) is 5.10 Å². The molecular weight excluding hydrogens is 461 g/mol. The molecule has 3 aromatic heterocycles. The lowest BCUT2D eigenvalue weighted by molar-refractivity contribution is 0.628. The first-order chi connectivity index (χ1) is 15.8. The molecule has 172 valence electrons. The quantitative estimate of drug-likeness (QED) is 0.392. The molecule has 1 aliphatic rings. The van der Waals surface area contributed by atoms with Gasteiger partial charge in [-0.3, -0.25) is 4.68 Å². The minimum atomic E-state index is 0.512. The van der Waals surface area contributed by atoms with E-state index in [1.807, 2.05) is 30.8 Å². The summed E-state index contributed by atoms with van der Waals surface area (Å²) in [5.74, 6) is 1.47. The lowest BCUT2D eigenvalue weighted by atomic mass is 10.1. The molecule has 1 aliphatic carbocycles. The minimum absolute atomic E-state index is 0.512. The van der Waals surface area contributed by atoms with E-state index in [4.69, 9.17) is 28.2 Å². The highest BCUT2D eigenvalue weighted by atomic mass is 35.5. The maximum absolute atomic E-state index is 6.26. The van der Waals surface area contributed by atoms with Gasteiger partial charge in [-0.2, -0.15) is 9.90 Å². The molecule has 5 rings (SSSR count). The van der Waals surface area contributed by atoms with E-state index in [-0.39, 0.29) is 0 Å². The number of nitrogens with zero attached hydrogens (tertiary/aromatic N) is 9. The number of hydrogen-bond acceptors (Lipinski definition) is 7. The van der Waals surface area contributed by atoms with Crippen molar-refractivity contribution in [1.29, 1.82) is 0 Å². The van der Waals surface area contributed by atoms with Crippen molar-refractivity contribution in [2.75, 3.05) is 16.8 Å². The van der Waals surface area contributed by atoms with Gasteiger partial charge in [0.2, 0.25) is 0 Å². The molecule has 0 bridgehead atoms. The van der Waals surface area contributed by atoms with Gasteiger partial charge in [0.05, 0.1) is 12.7 Å². The van der Waals surface area contributed by atoms with Crippen LogP contribution in [0.3, 0.4) is 0 Å². The first-order valence-electron chi connectivity index (χ1n) is 10.8. The Bertz CT molecular complexity index is 1300. The van der Waals surface area contributed by atoms with Crippen molar-refractivity contribution in [3.8, 4) is 0 Å². The van der Waals surface area contributed by atoms with Gasteiger partial charge in [-0.25, -0.2) is 4.98 Å². The van der Waals surface area contributed by atoms with Gasteiger partial charge >= 0.3 is 0 Å². The highest BCUT2D eigenvalue weighted by Gasteiger charge is 2.30. The van der Waals surface area contributed by atoms with E-state index in [1.165, 1.54) is 17.6 Å². The van der Waals surface area contributed by atoms with E-state index in [9.17, 15) is 0 Å². The molecule has 11 heteroatoms. The van der Waals surface area contributed by atoms with Crippen molar-refractivity contribution >= 4 is 46.0 Å². The van der Waals surface area contributed by atoms with Gasteiger partial charge in [0.25, 0.3) is 5.95 Å². The molecule has 1 aromatic carbocycles. The number of fused-ring (bicyclic) bond motifs is 1. The molecule has 0 N–H and O–H groups in total. The summed E-state index contributed by atoms with van der Waals surface area (Å²) in [6.07, 6.45) is 2.35. The Morgan fingerprint density at radius 1 is 1.03 bits per heavy atom. The van der Waals surface area contributed by atoms with E-state index in [0.29, 0.717) is 35.1 Å². The number of tetrazole rings is 1. The van der Waals surface area contributed by atoms with Crippen molar-refractivity contribution in [2.45, 2.75) is 38.9 Å². The second-order valence-electron chi connectivity index (χ2n) is 8.61. The summed E-state index contributed by atoms with van der Waals surface area (Å²) in [6, 6.07) is 8.23. The van der Waals surface area contributed by atoms with Crippen LogP contribution in [0.25, 0.3) is 11.0 Å². The van der Waals surface area contributed by atoms with Crippen molar-refractivity contribution in [3.63, 3.8) is 0 Å². The summed E-state index contributed by atoms with van der Waals surface area (Å²) in [5.41, 5.74) is 3.87. The third kappa shape index (κ3) is 4.47. The third-order valence-corrected chi connectivity index (χ3v) is 6.36. The van der Waals surface area contributed by atoms with Gasteiger partial charge in [0.1, 0.15) is 5.82 Å². The Morgan fingerprint density at radius 3 is 2.39 bits per heavy atom. The van der Waals surface area contributed by atoms with Crippen molar-refractivity contribution in [3.05, 3.63) is 51.1 Å². The fourth-order valence-corrected chi connectivity index (χ4v) is 4.73. The molecule has 1 fully saturated rings. The molecule has 0 aliphatic heterocycles. The second-order valence-corrected chi connectivity index (χ2v) is 9.48. The predicted octanol–water partition coefficient (Wildman–Crippen LogP) is 3.91. The fraction of sp³-hybridized carbons (Fsp3) is 0.409. The van der Waals surface area contributed by atoms with Crippen LogP contribution in [0.2, 0.25) is 10.0 Å². The number of aromatic nitrogens is 7. The third-order valence-electron chi connectivity index (χ3n) is 5.92. The Balaban J connectivity index is 1.58. The van der Waals surface area contributed by atoms with Gasteiger partial charge in [0, 0.05) is 54.2 Å². The summed E-state index contributed by atoms with van der Waals surface area (Å²) in [7, 11) is 5.80. The Labute approximate surface area is 201 Å². The van der Waals surface area contributed by atoms with Crippen LogP contribution in [0.1, 0.15) is 29.7 Å². The number of halogens is 2.